The van der Waals surface area contributed by atoms with Crippen molar-refractivity contribution in [3.8, 4) is 0 Å². The first-order valence-electron chi connectivity index (χ1n) is 7.50. The van der Waals surface area contributed by atoms with E-state index in [1.54, 1.807) is 0 Å². The number of aryl methyl sites for hydroxylation is 3. The van der Waals surface area contributed by atoms with E-state index in [9.17, 15) is 0 Å². The minimum absolute atomic E-state index is 0.538. The van der Waals surface area contributed by atoms with Crippen molar-refractivity contribution >= 4 is 16.7 Å². The highest BCUT2D eigenvalue weighted by Crippen LogP contribution is 2.38. The van der Waals surface area contributed by atoms with Crippen LogP contribution in [0.4, 0.5) is 0 Å². The maximum atomic E-state index is 2.38. The minimum Gasteiger partial charge on any atom is -0.0898 e. The largest absolute Gasteiger partial charge is 0.0898 e. The van der Waals surface area contributed by atoms with Gasteiger partial charge in [0.25, 0.3) is 0 Å². The molecule has 0 nitrogen and oxygen atoms in total. The Balaban J connectivity index is 2.47. The molecule has 21 heavy (non-hydrogen) atoms. The number of thioether (sulfide) groups is 1. The lowest BCUT2D eigenvalue weighted by Gasteiger charge is -2.16. The molecule has 0 fully saturated rings. The zero-order valence-corrected chi connectivity index (χ0v) is 14.4. The fourth-order valence-electron chi connectivity index (χ4n) is 2.66. The van der Waals surface area contributed by atoms with Gasteiger partial charge in [-0.3, -0.25) is 0 Å². The van der Waals surface area contributed by atoms with Crippen molar-refractivity contribution in [3.05, 3.63) is 70.8 Å². The molecule has 0 saturated carbocycles. The summed E-state index contributed by atoms with van der Waals surface area (Å²) in [6, 6.07) is 15.2. The average molecular weight is 296 g/mol. The summed E-state index contributed by atoms with van der Waals surface area (Å²) in [4.78, 5) is 2.66. The van der Waals surface area contributed by atoms with Gasteiger partial charge in [0.2, 0.25) is 0 Å². The number of benzene rings is 2. The van der Waals surface area contributed by atoms with Gasteiger partial charge in [-0.25, -0.2) is 0 Å². The number of allylic oxidation sites excluding steroid dienone is 1. The Hall–Kier alpha value is -1.47. The average Bonchev–Trinajstić information content (AvgIpc) is 2.37. The van der Waals surface area contributed by atoms with Gasteiger partial charge in [-0.15, -0.1) is 0 Å². The third-order valence-corrected chi connectivity index (χ3v) is 4.45. The lowest BCUT2D eigenvalue weighted by Crippen LogP contribution is -1.94. The number of rotatable bonds is 4. The molecule has 0 atom stereocenters. The van der Waals surface area contributed by atoms with Gasteiger partial charge < -0.3 is 0 Å². The van der Waals surface area contributed by atoms with Gasteiger partial charge in [-0.1, -0.05) is 67.6 Å². The molecule has 0 unspecified atom stereocenters. The molecule has 0 amide bonds. The van der Waals surface area contributed by atoms with Gasteiger partial charge in [-0.05, 0) is 55.5 Å². The molecule has 0 heterocycles. The van der Waals surface area contributed by atoms with Crippen LogP contribution < -0.4 is 0 Å². The normalized spacial score (nSPS) is 12.0. The quantitative estimate of drug-likeness (QED) is 0.588. The first-order valence-corrected chi connectivity index (χ1v) is 8.32. The van der Waals surface area contributed by atoms with Crippen LogP contribution in [0.25, 0.3) is 4.91 Å². The molecule has 0 bridgehead atoms. The van der Waals surface area contributed by atoms with Crippen LogP contribution >= 0.6 is 11.8 Å². The Bertz CT molecular complexity index is 613. The van der Waals surface area contributed by atoms with E-state index >= 15 is 0 Å². The maximum absolute atomic E-state index is 2.38. The molecule has 1 heteroatoms. The molecule has 0 aliphatic carbocycles. The SMILES string of the molecule is Cc1cc(C)c(/C(=C/C(C)C)Sc2ccccc2)c(C)c1. The molecule has 0 N–H and O–H groups in total. The van der Waals surface area contributed by atoms with Crippen LogP contribution in [0.15, 0.2) is 53.4 Å². The molecule has 0 radical (unpaired) electrons. The highest BCUT2D eigenvalue weighted by molar-refractivity contribution is 8.08. The molecule has 0 aliphatic heterocycles. The molecule has 0 aliphatic rings. The molecule has 0 spiro atoms. The van der Waals surface area contributed by atoms with Gasteiger partial charge in [0.05, 0.1) is 0 Å². The lowest BCUT2D eigenvalue weighted by molar-refractivity contribution is 0.835. The van der Waals surface area contributed by atoms with E-state index in [4.69, 9.17) is 0 Å². The zero-order chi connectivity index (χ0) is 15.4. The highest BCUT2D eigenvalue weighted by atomic mass is 32.2. The van der Waals surface area contributed by atoms with Gasteiger partial charge >= 0.3 is 0 Å². The Morgan fingerprint density at radius 2 is 1.52 bits per heavy atom. The first-order chi connectivity index (χ1) is 9.97. The third kappa shape index (κ3) is 4.25. The van der Waals surface area contributed by atoms with Gasteiger partial charge in [0, 0.05) is 9.80 Å². The summed E-state index contributed by atoms with van der Waals surface area (Å²) in [6.07, 6.45) is 2.38. The third-order valence-electron chi connectivity index (χ3n) is 3.38. The summed E-state index contributed by atoms with van der Waals surface area (Å²) < 4.78 is 0. The molecule has 2 aromatic rings. The highest BCUT2D eigenvalue weighted by Gasteiger charge is 2.11. The topological polar surface area (TPSA) is 0 Å². The maximum Gasteiger partial charge on any atom is 0.0162 e. The monoisotopic (exact) mass is 296 g/mol. The van der Waals surface area contributed by atoms with Crippen molar-refractivity contribution in [1.82, 2.24) is 0 Å². The van der Waals surface area contributed by atoms with Crippen LogP contribution in [0.3, 0.4) is 0 Å². The first kappa shape index (κ1) is 15.9. The Kier molecular flexibility index (Phi) is 5.30. The molecule has 0 aromatic heterocycles. The molecule has 2 rings (SSSR count). The predicted molar refractivity (Wildman–Crippen MR) is 95.8 cm³/mol. The van der Waals surface area contributed by atoms with E-state index in [0.717, 1.165) is 0 Å². The van der Waals surface area contributed by atoms with Crippen molar-refractivity contribution in [2.45, 2.75) is 39.5 Å². The minimum atomic E-state index is 0.538. The van der Waals surface area contributed by atoms with E-state index in [2.05, 4.69) is 83.2 Å². The van der Waals surface area contributed by atoms with Gasteiger partial charge in [0.15, 0.2) is 0 Å². The summed E-state index contributed by atoms with van der Waals surface area (Å²) >= 11 is 1.87. The van der Waals surface area contributed by atoms with Crippen LogP contribution in [0.2, 0.25) is 0 Å². The van der Waals surface area contributed by atoms with Crippen molar-refractivity contribution in [2.24, 2.45) is 5.92 Å². The number of hydrogen-bond acceptors (Lipinski definition) is 1. The van der Waals surface area contributed by atoms with Gasteiger partial charge in [0.1, 0.15) is 0 Å². The Morgan fingerprint density at radius 3 is 2.05 bits per heavy atom. The van der Waals surface area contributed by atoms with Crippen LogP contribution in [0.1, 0.15) is 36.1 Å². The molecular formula is C20H24S. The zero-order valence-electron chi connectivity index (χ0n) is 13.6. The second-order valence-electron chi connectivity index (χ2n) is 5.96. The predicted octanol–water partition coefficient (Wildman–Crippen LogP) is 6.40. The van der Waals surface area contributed by atoms with Crippen LogP contribution in [0.5, 0.6) is 0 Å². The van der Waals surface area contributed by atoms with Crippen molar-refractivity contribution in [1.29, 1.82) is 0 Å². The van der Waals surface area contributed by atoms with Crippen LogP contribution in [-0.4, -0.2) is 0 Å². The second-order valence-corrected chi connectivity index (χ2v) is 7.08. The van der Waals surface area contributed by atoms with Crippen LogP contribution in [0, 0.1) is 26.7 Å². The summed E-state index contributed by atoms with van der Waals surface area (Å²) in [5.41, 5.74) is 5.45. The Morgan fingerprint density at radius 1 is 0.952 bits per heavy atom. The van der Waals surface area contributed by atoms with Crippen LogP contribution in [-0.2, 0) is 0 Å². The van der Waals surface area contributed by atoms with Crippen molar-refractivity contribution < 1.29 is 0 Å². The molecule has 110 valence electrons. The number of hydrogen-bond donors (Lipinski definition) is 0. The Labute approximate surface area is 133 Å². The van der Waals surface area contributed by atoms with Crippen molar-refractivity contribution in [3.63, 3.8) is 0 Å². The lowest BCUT2D eigenvalue weighted by atomic mass is 9.98. The van der Waals surface area contributed by atoms with Crippen molar-refractivity contribution in [2.75, 3.05) is 0 Å². The second kappa shape index (κ2) is 7.00. The molecule has 2 aromatic carbocycles. The summed E-state index contributed by atoms with van der Waals surface area (Å²) in [7, 11) is 0. The summed E-state index contributed by atoms with van der Waals surface area (Å²) in [5, 5.41) is 0. The molecular weight excluding hydrogens is 272 g/mol. The fourth-order valence-corrected chi connectivity index (χ4v) is 3.97. The fraction of sp³-hybridized carbons (Fsp3) is 0.300. The van der Waals surface area contributed by atoms with E-state index in [1.807, 2.05) is 11.8 Å². The van der Waals surface area contributed by atoms with E-state index in [0.29, 0.717) is 5.92 Å². The van der Waals surface area contributed by atoms with E-state index in [1.165, 1.54) is 32.1 Å². The van der Waals surface area contributed by atoms with E-state index in [-0.39, 0.29) is 0 Å². The summed E-state index contributed by atoms with van der Waals surface area (Å²) in [6.45, 7) is 11.1. The van der Waals surface area contributed by atoms with E-state index < -0.39 is 0 Å². The summed E-state index contributed by atoms with van der Waals surface area (Å²) in [5.74, 6) is 0.538. The molecule has 0 saturated heterocycles. The van der Waals surface area contributed by atoms with Gasteiger partial charge in [-0.2, -0.15) is 0 Å². The standard InChI is InChI=1S/C20H24S/c1-14(2)11-19(21-18-9-7-6-8-10-18)20-16(4)12-15(3)13-17(20)5/h6-14H,1-5H3/b19-11-. The smallest absolute Gasteiger partial charge is 0.0162 e.